The molecule has 0 aliphatic carbocycles. The van der Waals surface area contributed by atoms with Crippen molar-refractivity contribution in [1.29, 1.82) is 0 Å². The lowest BCUT2D eigenvalue weighted by Crippen LogP contribution is -2.38. The van der Waals surface area contributed by atoms with Crippen molar-refractivity contribution in [2.24, 2.45) is 5.73 Å². The zero-order chi connectivity index (χ0) is 18.0. The Morgan fingerprint density at radius 2 is 1.50 bits per heavy atom. The summed E-state index contributed by atoms with van der Waals surface area (Å²) < 4.78 is 4.79. The number of esters is 1. The van der Waals surface area contributed by atoms with Gasteiger partial charge in [-0.15, -0.1) is 0 Å². The van der Waals surface area contributed by atoms with Crippen LogP contribution < -0.4 is 5.73 Å². The number of aliphatic hydroxyl groups is 1. The number of ether oxygens (including phenoxy) is 1. The average Bonchev–Trinajstić information content (AvgIpc) is 2.56. The fourth-order valence-corrected chi connectivity index (χ4v) is 2.62. The molecule has 0 amide bonds. The first-order valence-electron chi connectivity index (χ1n) is 9.81. The maximum Gasteiger partial charge on any atom is 0.302 e. The molecule has 0 saturated heterocycles. The zero-order valence-corrected chi connectivity index (χ0v) is 15.8. The van der Waals surface area contributed by atoms with Gasteiger partial charge in [0.2, 0.25) is 0 Å². The van der Waals surface area contributed by atoms with Gasteiger partial charge in [-0.3, -0.25) is 4.79 Å². The van der Waals surface area contributed by atoms with Crippen LogP contribution in [-0.2, 0) is 9.53 Å². The Labute approximate surface area is 148 Å². The first-order chi connectivity index (χ1) is 11.6. The number of rotatable bonds is 16. The molecule has 0 rings (SSSR count). The Kier molecular flexibility index (Phi) is 16.4. The fraction of sp³-hybridized carbons (Fsp3) is 0.850. The SMILES string of the molecule is CCCCCCCCCCCCC/C=C/C(O)C(N)COC(C)=O. The smallest absolute Gasteiger partial charge is 0.302 e. The minimum absolute atomic E-state index is 0.0548. The van der Waals surface area contributed by atoms with E-state index in [4.69, 9.17) is 10.5 Å². The highest BCUT2D eigenvalue weighted by Gasteiger charge is 2.12. The monoisotopic (exact) mass is 341 g/mol. The standard InChI is InChI=1S/C20H39NO3/c1-3-4-5-6-7-8-9-10-11-12-13-14-15-16-20(23)19(21)17-24-18(2)22/h15-16,19-20,23H,3-14,17,21H2,1-2H3/b16-15+. The second-order valence-electron chi connectivity index (χ2n) is 6.71. The summed E-state index contributed by atoms with van der Waals surface area (Å²) in [7, 11) is 0. The summed E-state index contributed by atoms with van der Waals surface area (Å²) in [6.07, 6.45) is 18.6. The Hall–Kier alpha value is -0.870. The Morgan fingerprint density at radius 1 is 1.00 bits per heavy atom. The number of hydrogen-bond donors (Lipinski definition) is 2. The van der Waals surface area contributed by atoms with Gasteiger partial charge in [0.25, 0.3) is 0 Å². The number of carbonyl (C=O) groups is 1. The normalized spacial score (nSPS) is 14.0. The Bertz CT molecular complexity index is 318. The molecule has 3 N–H and O–H groups in total. The van der Waals surface area contributed by atoms with Crippen molar-refractivity contribution in [3.63, 3.8) is 0 Å². The fourth-order valence-electron chi connectivity index (χ4n) is 2.62. The van der Waals surface area contributed by atoms with Crippen LogP contribution in [0.5, 0.6) is 0 Å². The van der Waals surface area contributed by atoms with E-state index in [9.17, 15) is 9.90 Å². The van der Waals surface area contributed by atoms with E-state index in [2.05, 4.69) is 6.92 Å². The topological polar surface area (TPSA) is 72.6 Å². The van der Waals surface area contributed by atoms with E-state index in [0.717, 1.165) is 12.8 Å². The van der Waals surface area contributed by atoms with Gasteiger partial charge in [0.05, 0.1) is 12.1 Å². The molecule has 24 heavy (non-hydrogen) atoms. The van der Waals surface area contributed by atoms with Crippen molar-refractivity contribution in [3.8, 4) is 0 Å². The van der Waals surface area contributed by atoms with E-state index in [-0.39, 0.29) is 12.6 Å². The summed E-state index contributed by atoms with van der Waals surface area (Å²) in [6, 6.07) is -0.553. The second kappa shape index (κ2) is 17.0. The Morgan fingerprint density at radius 3 is 2.00 bits per heavy atom. The van der Waals surface area contributed by atoms with Gasteiger partial charge in [0, 0.05) is 6.92 Å². The third-order valence-electron chi connectivity index (χ3n) is 4.23. The van der Waals surface area contributed by atoms with Crippen LogP contribution in [0.4, 0.5) is 0 Å². The van der Waals surface area contributed by atoms with Crippen LogP contribution in [0.1, 0.15) is 90.9 Å². The summed E-state index contributed by atoms with van der Waals surface area (Å²) >= 11 is 0. The molecule has 0 aromatic rings. The first-order valence-corrected chi connectivity index (χ1v) is 9.81. The number of nitrogens with two attached hydrogens (primary N) is 1. The molecule has 0 bridgehead atoms. The van der Waals surface area contributed by atoms with Crippen LogP contribution in [0, 0.1) is 0 Å². The first kappa shape index (κ1) is 23.1. The third kappa shape index (κ3) is 16.0. The van der Waals surface area contributed by atoms with Gasteiger partial charge < -0.3 is 15.6 Å². The van der Waals surface area contributed by atoms with Crippen LogP contribution in [0.25, 0.3) is 0 Å². The summed E-state index contributed by atoms with van der Waals surface area (Å²) in [5, 5.41) is 9.80. The van der Waals surface area contributed by atoms with Crippen molar-refractivity contribution in [3.05, 3.63) is 12.2 Å². The van der Waals surface area contributed by atoms with E-state index in [0.29, 0.717) is 0 Å². The molecule has 0 spiro atoms. The minimum Gasteiger partial charge on any atom is -0.464 e. The number of carbonyl (C=O) groups excluding carboxylic acids is 1. The highest BCUT2D eigenvalue weighted by atomic mass is 16.5. The van der Waals surface area contributed by atoms with Gasteiger partial charge in [-0.25, -0.2) is 0 Å². The van der Waals surface area contributed by atoms with Gasteiger partial charge >= 0.3 is 5.97 Å². The lowest BCUT2D eigenvalue weighted by Gasteiger charge is -2.14. The molecular formula is C20H39NO3. The van der Waals surface area contributed by atoms with Crippen molar-refractivity contribution >= 4 is 5.97 Å². The maximum atomic E-state index is 10.7. The lowest BCUT2D eigenvalue weighted by molar-refractivity contribution is -0.141. The van der Waals surface area contributed by atoms with Crippen molar-refractivity contribution < 1.29 is 14.6 Å². The molecule has 0 aliphatic heterocycles. The number of allylic oxidation sites excluding steroid dienone is 1. The van der Waals surface area contributed by atoms with Crippen molar-refractivity contribution in [2.75, 3.05) is 6.61 Å². The Balaban J connectivity index is 3.38. The highest BCUT2D eigenvalue weighted by molar-refractivity contribution is 5.65. The van der Waals surface area contributed by atoms with Gasteiger partial charge in [-0.2, -0.15) is 0 Å². The quantitative estimate of drug-likeness (QED) is 0.246. The minimum atomic E-state index is -0.753. The van der Waals surface area contributed by atoms with E-state index >= 15 is 0 Å². The molecule has 0 heterocycles. The third-order valence-corrected chi connectivity index (χ3v) is 4.23. The predicted octanol–water partition coefficient (Wildman–Crippen LogP) is 4.50. The van der Waals surface area contributed by atoms with Crippen LogP contribution in [0.15, 0.2) is 12.2 Å². The summed E-state index contributed by atoms with van der Waals surface area (Å²) in [5.41, 5.74) is 5.73. The molecule has 4 heteroatoms. The number of aliphatic hydroxyl groups excluding tert-OH is 1. The van der Waals surface area contributed by atoms with Gasteiger partial charge in [0.15, 0.2) is 0 Å². The van der Waals surface area contributed by atoms with Crippen LogP contribution in [-0.4, -0.2) is 29.8 Å². The molecule has 2 atom stereocenters. The zero-order valence-electron chi connectivity index (χ0n) is 15.8. The van der Waals surface area contributed by atoms with E-state index < -0.39 is 12.1 Å². The molecule has 0 aromatic carbocycles. The molecule has 0 fully saturated rings. The lowest BCUT2D eigenvalue weighted by atomic mass is 10.0. The average molecular weight is 342 g/mol. The van der Waals surface area contributed by atoms with Crippen LogP contribution in [0.2, 0.25) is 0 Å². The van der Waals surface area contributed by atoms with Crippen LogP contribution >= 0.6 is 0 Å². The van der Waals surface area contributed by atoms with E-state index in [1.54, 1.807) is 6.08 Å². The number of hydrogen-bond acceptors (Lipinski definition) is 4. The molecule has 4 nitrogen and oxygen atoms in total. The molecular weight excluding hydrogens is 302 g/mol. The van der Waals surface area contributed by atoms with Crippen molar-refractivity contribution in [1.82, 2.24) is 0 Å². The highest BCUT2D eigenvalue weighted by Crippen LogP contribution is 2.12. The van der Waals surface area contributed by atoms with E-state index in [1.165, 1.54) is 71.1 Å². The van der Waals surface area contributed by atoms with Gasteiger partial charge in [-0.1, -0.05) is 83.3 Å². The molecule has 2 unspecified atom stereocenters. The molecule has 0 saturated carbocycles. The van der Waals surface area contributed by atoms with Gasteiger partial charge in [-0.05, 0) is 12.8 Å². The summed E-state index contributed by atoms with van der Waals surface area (Å²) in [4.78, 5) is 10.7. The molecule has 0 aromatic heterocycles. The van der Waals surface area contributed by atoms with Gasteiger partial charge in [0.1, 0.15) is 6.61 Å². The molecule has 142 valence electrons. The number of unbranched alkanes of at least 4 members (excludes halogenated alkanes) is 11. The maximum absolute atomic E-state index is 10.7. The largest absolute Gasteiger partial charge is 0.464 e. The molecule has 0 radical (unpaired) electrons. The summed E-state index contributed by atoms with van der Waals surface area (Å²) in [5.74, 6) is -0.373. The second-order valence-corrected chi connectivity index (χ2v) is 6.71. The molecule has 0 aliphatic rings. The van der Waals surface area contributed by atoms with Crippen molar-refractivity contribution in [2.45, 2.75) is 103 Å². The summed E-state index contributed by atoms with van der Waals surface area (Å²) in [6.45, 7) is 3.65. The van der Waals surface area contributed by atoms with Crippen LogP contribution in [0.3, 0.4) is 0 Å². The van der Waals surface area contributed by atoms with E-state index in [1.807, 2.05) is 6.08 Å². The predicted molar refractivity (Wildman–Crippen MR) is 101 cm³/mol.